The van der Waals surface area contributed by atoms with Crippen molar-refractivity contribution < 1.29 is 28.5 Å². The number of hydrogen-bond acceptors (Lipinski definition) is 9. The highest BCUT2D eigenvalue weighted by atomic mass is 32.1. The first-order valence-electron chi connectivity index (χ1n) is 12.9. The summed E-state index contributed by atoms with van der Waals surface area (Å²) in [5.74, 6) is 1.39. The summed E-state index contributed by atoms with van der Waals surface area (Å²) in [6.45, 7) is 3.68. The number of ether oxygens (including phenoxy) is 5. The third-order valence-electron chi connectivity index (χ3n) is 6.93. The summed E-state index contributed by atoms with van der Waals surface area (Å²) in [5.41, 5.74) is 1.81. The maximum atomic E-state index is 14.2. The van der Waals surface area contributed by atoms with Crippen molar-refractivity contribution in [1.29, 1.82) is 0 Å². The fraction of sp³-hybridized carbons (Fsp3) is 0.258. The Balaban J connectivity index is 1.82. The minimum absolute atomic E-state index is 0.181. The van der Waals surface area contributed by atoms with Crippen LogP contribution in [0.3, 0.4) is 0 Å². The molecule has 212 valence electrons. The zero-order valence-electron chi connectivity index (χ0n) is 23.6. The van der Waals surface area contributed by atoms with Gasteiger partial charge in [-0.15, -0.1) is 0 Å². The van der Waals surface area contributed by atoms with Crippen molar-refractivity contribution >= 4 is 34.2 Å². The SMILES string of the molecule is CCOC(=O)C1=C(C)N=c2sc(=Cc3cc(OC)c(OC)c(OC)c3)c(=O)n2C1c1c(OC)ccc2ccccc12. The molecule has 0 saturated carbocycles. The van der Waals surface area contributed by atoms with Gasteiger partial charge in [-0.25, -0.2) is 9.79 Å². The number of thiazole rings is 1. The van der Waals surface area contributed by atoms with Crippen molar-refractivity contribution in [2.45, 2.75) is 19.9 Å². The normalized spacial score (nSPS) is 14.9. The van der Waals surface area contributed by atoms with Crippen LogP contribution < -0.4 is 33.8 Å². The first kappa shape index (κ1) is 28.0. The van der Waals surface area contributed by atoms with Crippen LogP contribution in [-0.4, -0.2) is 45.6 Å². The lowest BCUT2D eigenvalue weighted by Crippen LogP contribution is -2.40. The molecule has 0 N–H and O–H groups in total. The molecule has 1 unspecified atom stereocenters. The smallest absolute Gasteiger partial charge is 0.338 e. The maximum absolute atomic E-state index is 14.2. The fourth-order valence-corrected chi connectivity index (χ4v) is 6.18. The van der Waals surface area contributed by atoms with Crippen LogP contribution in [0.25, 0.3) is 16.8 Å². The number of benzene rings is 3. The molecule has 1 aromatic heterocycles. The van der Waals surface area contributed by atoms with E-state index < -0.39 is 12.0 Å². The molecule has 1 atom stereocenters. The van der Waals surface area contributed by atoms with Gasteiger partial charge in [-0.1, -0.05) is 41.7 Å². The van der Waals surface area contributed by atoms with E-state index in [-0.39, 0.29) is 17.7 Å². The number of carbonyl (C=O) groups is 1. The lowest BCUT2D eigenvalue weighted by Gasteiger charge is -2.27. The zero-order valence-corrected chi connectivity index (χ0v) is 24.5. The predicted molar refractivity (Wildman–Crippen MR) is 157 cm³/mol. The van der Waals surface area contributed by atoms with Crippen molar-refractivity contribution in [3.05, 3.63) is 90.6 Å². The van der Waals surface area contributed by atoms with E-state index in [9.17, 15) is 9.59 Å². The summed E-state index contributed by atoms with van der Waals surface area (Å²) in [6.07, 6.45) is 1.75. The van der Waals surface area contributed by atoms with E-state index in [0.717, 1.165) is 10.8 Å². The minimum atomic E-state index is -0.826. The summed E-state index contributed by atoms with van der Waals surface area (Å²) in [6, 6.07) is 14.3. The van der Waals surface area contributed by atoms with E-state index in [4.69, 9.17) is 23.7 Å². The predicted octanol–water partition coefficient (Wildman–Crippen LogP) is 3.99. The Morgan fingerprint density at radius 2 is 1.66 bits per heavy atom. The van der Waals surface area contributed by atoms with Crippen LogP contribution >= 0.6 is 11.3 Å². The van der Waals surface area contributed by atoms with E-state index in [1.807, 2.05) is 36.4 Å². The molecule has 0 saturated heterocycles. The first-order valence-corrected chi connectivity index (χ1v) is 13.7. The number of fused-ring (bicyclic) bond motifs is 2. The molecule has 10 heteroatoms. The van der Waals surface area contributed by atoms with Crippen molar-refractivity contribution in [3.8, 4) is 23.0 Å². The molecule has 0 bridgehead atoms. The number of methoxy groups -OCH3 is 4. The van der Waals surface area contributed by atoms with Crippen molar-refractivity contribution in [2.75, 3.05) is 35.0 Å². The van der Waals surface area contributed by atoms with Gasteiger partial charge in [-0.05, 0) is 54.5 Å². The Morgan fingerprint density at radius 1 is 0.976 bits per heavy atom. The molecule has 0 radical (unpaired) electrons. The molecule has 3 aromatic carbocycles. The largest absolute Gasteiger partial charge is 0.496 e. The second-order valence-electron chi connectivity index (χ2n) is 9.16. The number of allylic oxidation sites excluding steroid dienone is 1. The van der Waals surface area contributed by atoms with Crippen LogP contribution in [0.15, 0.2) is 69.6 Å². The third-order valence-corrected chi connectivity index (χ3v) is 7.91. The van der Waals surface area contributed by atoms with E-state index in [1.165, 1.54) is 32.7 Å². The van der Waals surface area contributed by atoms with Crippen LogP contribution in [-0.2, 0) is 9.53 Å². The van der Waals surface area contributed by atoms with Crippen LogP contribution in [0.4, 0.5) is 0 Å². The number of hydrogen-bond donors (Lipinski definition) is 0. The highest BCUT2D eigenvalue weighted by Gasteiger charge is 2.36. The highest BCUT2D eigenvalue weighted by molar-refractivity contribution is 7.07. The molecular formula is C31H30N2O7S. The number of nitrogens with zero attached hydrogens (tertiary/aromatic N) is 2. The second kappa shape index (κ2) is 11.5. The summed E-state index contributed by atoms with van der Waals surface area (Å²) in [7, 11) is 6.17. The Hall–Kier alpha value is -4.57. The summed E-state index contributed by atoms with van der Waals surface area (Å²) in [4.78, 5) is 32.7. The monoisotopic (exact) mass is 574 g/mol. The van der Waals surface area contributed by atoms with Crippen molar-refractivity contribution in [3.63, 3.8) is 0 Å². The van der Waals surface area contributed by atoms with Gasteiger partial charge in [-0.3, -0.25) is 9.36 Å². The standard InChI is InChI=1S/C31H30N2O7S/c1-7-40-30(35)25-17(2)32-31-33(27(25)26-20-11-9-8-10-19(20)12-13-21(26)36-3)29(34)24(41-31)16-18-14-22(37-4)28(39-6)23(15-18)38-5/h8-16,27H,7H2,1-6H3. The quantitative estimate of drug-likeness (QED) is 0.294. The van der Waals surface area contributed by atoms with Gasteiger partial charge in [0.25, 0.3) is 5.56 Å². The Kier molecular flexibility index (Phi) is 7.85. The van der Waals surface area contributed by atoms with Gasteiger partial charge in [0.1, 0.15) is 11.8 Å². The van der Waals surface area contributed by atoms with Gasteiger partial charge < -0.3 is 23.7 Å². The molecule has 4 aromatic rings. The number of rotatable bonds is 8. The maximum Gasteiger partial charge on any atom is 0.338 e. The van der Waals surface area contributed by atoms with Gasteiger partial charge in [0.15, 0.2) is 16.3 Å². The molecule has 1 aliphatic heterocycles. The molecule has 1 aliphatic rings. The first-order chi connectivity index (χ1) is 19.9. The van der Waals surface area contributed by atoms with Crippen LogP contribution in [0.5, 0.6) is 23.0 Å². The van der Waals surface area contributed by atoms with Gasteiger partial charge in [0.05, 0.1) is 50.8 Å². The fourth-order valence-electron chi connectivity index (χ4n) is 5.14. The Labute approximate surface area is 240 Å². The van der Waals surface area contributed by atoms with Gasteiger partial charge in [0, 0.05) is 5.56 Å². The molecule has 0 spiro atoms. The summed E-state index contributed by atoms with van der Waals surface area (Å²) < 4.78 is 29.6. The zero-order chi connectivity index (χ0) is 29.3. The van der Waals surface area contributed by atoms with Gasteiger partial charge in [-0.2, -0.15) is 0 Å². The van der Waals surface area contributed by atoms with E-state index in [2.05, 4.69) is 4.99 Å². The molecule has 0 aliphatic carbocycles. The van der Waals surface area contributed by atoms with E-state index in [0.29, 0.717) is 49.2 Å². The summed E-state index contributed by atoms with van der Waals surface area (Å²) in [5, 5.41) is 1.80. The lowest BCUT2D eigenvalue weighted by molar-refractivity contribution is -0.139. The van der Waals surface area contributed by atoms with Gasteiger partial charge in [0.2, 0.25) is 5.75 Å². The lowest BCUT2D eigenvalue weighted by atomic mass is 9.90. The Morgan fingerprint density at radius 3 is 2.29 bits per heavy atom. The molecule has 41 heavy (non-hydrogen) atoms. The number of aromatic nitrogens is 1. The second-order valence-corrected chi connectivity index (χ2v) is 10.2. The summed E-state index contributed by atoms with van der Waals surface area (Å²) >= 11 is 1.23. The molecular weight excluding hydrogens is 544 g/mol. The average molecular weight is 575 g/mol. The van der Waals surface area contributed by atoms with Crippen LogP contribution in [0.1, 0.15) is 31.0 Å². The highest BCUT2D eigenvalue weighted by Crippen LogP contribution is 2.41. The van der Waals surface area contributed by atoms with Crippen molar-refractivity contribution in [1.82, 2.24) is 4.57 Å². The molecule has 0 amide bonds. The molecule has 9 nitrogen and oxygen atoms in total. The molecule has 5 rings (SSSR count). The van der Waals surface area contributed by atoms with E-state index >= 15 is 0 Å². The number of carbonyl (C=O) groups excluding carboxylic acids is 1. The molecule has 2 heterocycles. The van der Waals surface area contributed by atoms with E-state index in [1.54, 1.807) is 43.7 Å². The number of esters is 1. The van der Waals surface area contributed by atoms with Crippen molar-refractivity contribution in [2.24, 2.45) is 4.99 Å². The van der Waals surface area contributed by atoms with Gasteiger partial charge >= 0.3 is 5.97 Å². The third kappa shape index (κ3) is 4.84. The minimum Gasteiger partial charge on any atom is -0.496 e. The average Bonchev–Trinajstić information content (AvgIpc) is 3.28. The Bertz CT molecular complexity index is 1840. The van der Waals surface area contributed by atoms with Crippen LogP contribution in [0, 0.1) is 0 Å². The molecule has 0 fully saturated rings. The van der Waals surface area contributed by atoms with Crippen LogP contribution in [0.2, 0.25) is 0 Å². The topological polar surface area (TPSA) is 97.6 Å².